The van der Waals surface area contributed by atoms with Crippen LogP contribution in [0.2, 0.25) is 0 Å². The fraction of sp³-hybridized carbons (Fsp3) is 0.800. The highest BCUT2D eigenvalue weighted by Gasteiger charge is 2.92. The topological polar surface area (TPSA) is 94.8 Å². The van der Waals surface area contributed by atoms with E-state index in [-0.39, 0.29) is 6.61 Å². The molecule has 0 bridgehead atoms. The first-order valence-corrected chi connectivity index (χ1v) is 5.90. The summed E-state index contributed by atoms with van der Waals surface area (Å²) in [4.78, 5) is 19.5. The van der Waals surface area contributed by atoms with E-state index in [1.165, 1.54) is 0 Å². The van der Waals surface area contributed by atoms with Crippen LogP contribution in [0.15, 0.2) is 0 Å². The SMILES string of the molecule is CCO.O=C(O)C(F)(F)C(F)(F)C(F)(F)C(F)(F)C(F)(F)C(F)(F)C(=O)O. The van der Waals surface area contributed by atoms with Gasteiger partial charge >= 0.3 is 47.5 Å². The van der Waals surface area contributed by atoms with Crippen molar-refractivity contribution in [1.82, 2.24) is 0 Å². The molecule has 0 fully saturated rings. The third kappa shape index (κ3) is 3.86. The lowest BCUT2D eigenvalue weighted by molar-refractivity contribution is -0.417. The van der Waals surface area contributed by atoms with Crippen LogP contribution in [0.5, 0.6) is 0 Å². The van der Waals surface area contributed by atoms with Crippen LogP contribution in [0.25, 0.3) is 0 Å². The summed E-state index contributed by atoms with van der Waals surface area (Å²) >= 11 is 0. The van der Waals surface area contributed by atoms with Gasteiger partial charge in [0.05, 0.1) is 0 Å². The highest BCUT2D eigenvalue weighted by molar-refractivity contribution is 5.78. The number of aliphatic hydroxyl groups is 1. The second-order valence-electron chi connectivity index (χ2n) is 4.37. The maximum Gasteiger partial charge on any atom is 0.410 e. The number of carbonyl (C=O) groups is 2. The van der Waals surface area contributed by atoms with Gasteiger partial charge in [-0.05, 0) is 6.92 Å². The molecule has 0 unspecified atom stereocenters. The Labute approximate surface area is 140 Å². The Kier molecular flexibility index (Phi) is 7.67. The zero-order valence-electron chi connectivity index (χ0n) is 12.4. The van der Waals surface area contributed by atoms with Crippen LogP contribution in [-0.2, 0) is 9.59 Å². The number of hydrogen-bond acceptors (Lipinski definition) is 3. The molecule has 0 saturated carbocycles. The van der Waals surface area contributed by atoms with Crippen molar-refractivity contribution in [3.05, 3.63) is 0 Å². The van der Waals surface area contributed by atoms with Gasteiger partial charge in [-0.1, -0.05) is 0 Å². The number of hydrogen-bond donors (Lipinski definition) is 3. The largest absolute Gasteiger partial charge is 0.477 e. The summed E-state index contributed by atoms with van der Waals surface area (Å²) in [6.07, 6.45) is 0. The van der Waals surface area contributed by atoms with Gasteiger partial charge in [0, 0.05) is 6.61 Å². The van der Waals surface area contributed by atoms with Crippen LogP contribution in [0, 0.1) is 0 Å². The van der Waals surface area contributed by atoms with E-state index in [1.54, 1.807) is 6.92 Å². The first kappa shape index (κ1) is 27.3. The second-order valence-corrected chi connectivity index (χ2v) is 4.37. The van der Waals surface area contributed by atoms with Gasteiger partial charge in [0.25, 0.3) is 0 Å². The summed E-state index contributed by atoms with van der Waals surface area (Å²) in [5.41, 5.74) is 0. The molecule has 162 valence electrons. The minimum atomic E-state index is -8.11. The zero-order chi connectivity index (χ0) is 22.9. The Balaban J connectivity index is 0. The minimum absolute atomic E-state index is 0.250. The lowest BCUT2D eigenvalue weighted by Gasteiger charge is -2.39. The molecule has 0 aliphatic rings. The molecule has 0 amide bonds. The average molecular weight is 436 g/mol. The Bertz CT molecular complexity index is 511. The number of carboxylic acid groups (broad SMARTS) is 2. The predicted molar refractivity (Wildman–Crippen MR) is 57.7 cm³/mol. The van der Waals surface area contributed by atoms with E-state index in [2.05, 4.69) is 0 Å². The third-order valence-corrected chi connectivity index (χ3v) is 2.51. The van der Waals surface area contributed by atoms with Crippen molar-refractivity contribution in [2.75, 3.05) is 6.61 Å². The minimum Gasteiger partial charge on any atom is -0.477 e. The van der Waals surface area contributed by atoms with E-state index in [9.17, 15) is 62.3 Å². The van der Waals surface area contributed by atoms with Crippen molar-refractivity contribution in [1.29, 1.82) is 0 Å². The molecule has 0 aliphatic heterocycles. The molecular weight excluding hydrogens is 428 g/mol. The van der Waals surface area contributed by atoms with Crippen molar-refractivity contribution in [3.8, 4) is 0 Å². The molecule has 0 heterocycles. The Morgan fingerprint density at radius 2 is 0.741 bits per heavy atom. The third-order valence-electron chi connectivity index (χ3n) is 2.51. The van der Waals surface area contributed by atoms with Crippen molar-refractivity contribution < 1.29 is 77.6 Å². The van der Waals surface area contributed by atoms with Crippen molar-refractivity contribution >= 4 is 11.9 Å². The van der Waals surface area contributed by atoms with Crippen LogP contribution in [0.3, 0.4) is 0 Å². The molecule has 0 aromatic rings. The van der Waals surface area contributed by atoms with Gasteiger partial charge in [-0.25, -0.2) is 9.59 Å². The van der Waals surface area contributed by atoms with Crippen LogP contribution < -0.4 is 0 Å². The number of carboxylic acids is 2. The maximum absolute atomic E-state index is 12.9. The summed E-state index contributed by atoms with van der Waals surface area (Å²) in [6.45, 7) is 1.93. The van der Waals surface area contributed by atoms with E-state index in [0.29, 0.717) is 0 Å². The van der Waals surface area contributed by atoms with Crippen molar-refractivity contribution in [3.63, 3.8) is 0 Å². The number of rotatable bonds is 7. The molecule has 0 aromatic heterocycles. The quantitative estimate of drug-likeness (QED) is 0.534. The Morgan fingerprint density at radius 3 is 0.852 bits per heavy atom. The number of alkyl halides is 12. The van der Waals surface area contributed by atoms with Crippen molar-refractivity contribution in [2.24, 2.45) is 0 Å². The Morgan fingerprint density at radius 1 is 0.593 bits per heavy atom. The lowest BCUT2D eigenvalue weighted by Crippen LogP contribution is -2.72. The van der Waals surface area contributed by atoms with Gasteiger partial charge in [0.1, 0.15) is 0 Å². The summed E-state index contributed by atoms with van der Waals surface area (Å²) in [7, 11) is 0. The summed E-state index contributed by atoms with van der Waals surface area (Å²) in [5, 5.41) is 22.8. The van der Waals surface area contributed by atoms with E-state index in [0.717, 1.165) is 0 Å². The van der Waals surface area contributed by atoms with E-state index < -0.39 is 47.5 Å². The van der Waals surface area contributed by atoms with Crippen LogP contribution in [-0.4, -0.2) is 69.4 Å². The van der Waals surface area contributed by atoms with Crippen LogP contribution in [0.1, 0.15) is 6.92 Å². The molecule has 27 heavy (non-hydrogen) atoms. The van der Waals surface area contributed by atoms with E-state index in [1.807, 2.05) is 0 Å². The van der Waals surface area contributed by atoms with Crippen LogP contribution in [0.4, 0.5) is 52.7 Å². The molecule has 0 rings (SSSR count). The van der Waals surface area contributed by atoms with Crippen LogP contribution >= 0.6 is 0 Å². The molecule has 5 nitrogen and oxygen atoms in total. The summed E-state index contributed by atoms with van der Waals surface area (Å²) < 4.78 is 152. The molecule has 0 spiro atoms. The molecule has 17 heteroatoms. The van der Waals surface area contributed by atoms with Crippen molar-refractivity contribution in [2.45, 2.75) is 42.5 Å². The number of aliphatic carboxylic acids is 2. The van der Waals surface area contributed by atoms with E-state index in [4.69, 9.17) is 15.3 Å². The maximum atomic E-state index is 12.9. The Hall–Kier alpha value is -1.94. The number of aliphatic hydroxyl groups excluding tert-OH is 1. The summed E-state index contributed by atoms with van der Waals surface area (Å²) in [5.74, 6) is -54.4. The lowest BCUT2D eigenvalue weighted by atomic mass is 9.91. The predicted octanol–water partition coefficient (Wildman–Crippen LogP) is 2.97. The average Bonchev–Trinajstić information content (AvgIpc) is 2.46. The second kappa shape index (κ2) is 7.59. The molecule has 0 atom stereocenters. The molecular formula is C10H8F12O5. The van der Waals surface area contributed by atoms with Gasteiger partial charge in [0.2, 0.25) is 0 Å². The van der Waals surface area contributed by atoms with Gasteiger partial charge < -0.3 is 15.3 Å². The first-order valence-electron chi connectivity index (χ1n) is 5.90. The molecule has 3 N–H and O–H groups in total. The fourth-order valence-corrected chi connectivity index (χ4v) is 1.06. The highest BCUT2D eigenvalue weighted by Crippen LogP contribution is 2.59. The standard InChI is InChI=1S/C8H2F12O4.C2H6O/c9-3(10,1(21)22)5(13,14)7(17,18)8(19,20)6(15,16)4(11,12)2(23)24;1-2-3/h(H,21,22)(H,23,24);3H,2H2,1H3. The molecule has 0 aliphatic carbocycles. The molecule has 0 saturated heterocycles. The fourth-order valence-electron chi connectivity index (χ4n) is 1.06. The van der Waals surface area contributed by atoms with Gasteiger partial charge in [-0.3, -0.25) is 0 Å². The van der Waals surface area contributed by atoms with Gasteiger partial charge in [-0.15, -0.1) is 0 Å². The first-order chi connectivity index (χ1) is 11.6. The summed E-state index contributed by atoms with van der Waals surface area (Å²) in [6, 6.07) is 0. The van der Waals surface area contributed by atoms with Gasteiger partial charge in [0.15, 0.2) is 0 Å². The number of halogens is 12. The normalized spacial score (nSPS) is 14.3. The molecule has 0 radical (unpaired) electrons. The monoisotopic (exact) mass is 436 g/mol. The van der Waals surface area contributed by atoms with Gasteiger partial charge in [-0.2, -0.15) is 52.7 Å². The highest BCUT2D eigenvalue weighted by atomic mass is 19.4. The molecule has 0 aromatic carbocycles. The zero-order valence-corrected chi connectivity index (χ0v) is 12.4. The van der Waals surface area contributed by atoms with E-state index >= 15 is 0 Å². The smallest absolute Gasteiger partial charge is 0.410 e.